The van der Waals surface area contributed by atoms with Gasteiger partial charge < -0.3 is 24.6 Å². The molecule has 0 unspecified atom stereocenters. The smallest absolute Gasteiger partial charge is 0.252 e. The van der Waals surface area contributed by atoms with Crippen LogP contribution in [0, 0.1) is 0 Å². The first kappa shape index (κ1) is 23.6. The van der Waals surface area contributed by atoms with E-state index in [1.54, 1.807) is 22.9 Å². The van der Waals surface area contributed by atoms with Gasteiger partial charge in [0.2, 0.25) is 5.95 Å². The van der Waals surface area contributed by atoms with Crippen LogP contribution >= 0.6 is 0 Å². The van der Waals surface area contributed by atoms with Crippen LogP contribution in [0.15, 0.2) is 77.7 Å². The highest BCUT2D eigenvalue weighted by molar-refractivity contribution is 5.76. The maximum Gasteiger partial charge on any atom is 0.252 e. The van der Waals surface area contributed by atoms with E-state index in [2.05, 4.69) is 39.3 Å². The van der Waals surface area contributed by atoms with Crippen molar-refractivity contribution in [2.45, 2.75) is 12.3 Å². The fourth-order valence-corrected chi connectivity index (χ4v) is 4.85. The zero-order valence-corrected chi connectivity index (χ0v) is 20.8. The standard InChI is InChI=1S/C28H30N6O3/c1-32-13-15-33(16-14-32)23-10-8-22(9-11-23)30-28-29-17-21-7-12-25(35)34(26(21)31-28)24-18-36-27(37-19-24)20-5-3-2-4-6-20/h2-12,17,24,27H,13-16,18-19H2,1H3,(H,29,30,31). The van der Waals surface area contributed by atoms with Crippen molar-refractivity contribution < 1.29 is 9.47 Å². The summed E-state index contributed by atoms with van der Waals surface area (Å²) in [5.41, 5.74) is 3.45. The molecule has 2 fully saturated rings. The summed E-state index contributed by atoms with van der Waals surface area (Å²) in [6.45, 7) is 4.87. The number of aromatic nitrogens is 3. The number of ether oxygens (including phenoxy) is 2. The van der Waals surface area contributed by atoms with Gasteiger partial charge in [0.1, 0.15) is 5.65 Å². The first-order valence-corrected chi connectivity index (χ1v) is 12.6. The predicted octanol–water partition coefficient (Wildman–Crippen LogP) is 3.57. The molecule has 2 aromatic heterocycles. The van der Waals surface area contributed by atoms with Crippen molar-refractivity contribution in [3.63, 3.8) is 0 Å². The molecule has 0 bridgehead atoms. The molecule has 4 aromatic rings. The Kier molecular flexibility index (Phi) is 6.57. The monoisotopic (exact) mass is 498 g/mol. The van der Waals surface area contributed by atoms with Gasteiger partial charge in [0, 0.05) is 60.8 Å². The Bertz CT molecular complexity index is 1410. The number of hydrogen-bond acceptors (Lipinski definition) is 8. The first-order valence-electron chi connectivity index (χ1n) is 12.6. The Hall–Kier alpha value is -3.79. The van der Waals surface area contributed by atoms with Crippen LogP contribution < -0.4 is 15.8 Å². The quantitative estimate of drug-likeness (QED) is 0.447. The maximum absolute atomic E-state index is 12.9. The summed E-state index contributed by atoms with van der Waals surface area (Å²) < 4.78 is 13.6. The van der Waals surface area contributed by atoms with E-state index in [1.165, 1.54) is 5.69 Å². The van der Waals surface area contributed by atoms with Crippen LogP contribution in [0.2, 0.25) is 0 Å². The summed E-state index contributed by atoms with van der Waals surface area (Å²) in [5.74, 6) is 0.430. The Morgan fingerprint density at radius 2 is 1.62 bits per heavy atom. The minimum absolute atomic E-state index is 0.149. The number of piperazine rings is 1. The summed E-state index contributed by atoms with van der Waals surface area (Å²) in [7, 11) is 2.16. The SMILES string of the molecule is CN1CCN(c2ccc(Nc3ncc4ccc(=O)n(C5COC(c6ccccc6)OC5)c4n3)cc2)CC1. The lowest BCUT2D eigenvalue weighted by atomic mass is 10.2. The minimum Gasteiger partial charge on any atom is -0.369 e. The van der Waals surface area contributed by atoms with E-state index in [0.717, 1.165) is 42.8 Å². The zero-order valence-electron chi connectivity index (χ0n) is 20.8. The summed E-state index contributed by atoms with van der Waals surface area (Å²) in [5, 5.41) is 4.06. The second-order valence-corrected chi connectivity index (χ2v) is 9.54. The lowest BCUT2D eigenvalue weighted by Crippen LogP contribution is -2.44. The summed E-state index contributed by atoms with van der Waals surface area (Å²) in [4.78, 5) is 26.9. The molecule has 37 heavy (non-hydrogen) atoms. The van der Waals surface area contributed by atoms with Crippen LogP contribution in [0.3, 0.4) is 0 Å². The van der Waals surface area contributed by atoms with E-state index < -0.39 is 6.29 Å². The number of fused-ring (bicyclic) bond motifs is 1. The highest BCUT2D eigenvalue weighted by Gasteiger charge is 2.26. The van der Waals surface area contributed by atoms with Crippen LogP contribution in [0.4, 0.5) is 17.3 Å². The molecule has 2 aliphatic rings. The van der Waals surface area contributed by atoms with Crippen molar-refractivity contribution >= 4 is 28.4 Å². The van der Waals surface area contributed by atoms with E-state index in [1.807, 2.05) is 42.5 Å². The normalized spacial score (nSPS) is 20.7. The molecule has 0 amide bonds. The number of nitrogens with zero attached hydrogens (tertiary/aromatic N) is 5. The van der Waals surface area contributed by atoms with Crippen LogP contribution in [0.25, 0.3) is 11.0 Å². The second kappa shape index (κ2) is 10.3. The topological polar surface area (TPSA) is 84.8 Å². The minimum atomic E-state index is -0.441. The Morgan fingerprint density at radius 3 is 2.35 bits per heavy atom. The fourth-order valence-electron chi connectivity index (χ4n) is 4.85. The molecule has 2 aliphatic heterocycles. The average Bonchev–Trinajstić information content (AvgIpc) is 2.94. The summed E-state index contributed by atoms with van der Waals surface area (Å²) in [6.07, 6.45) is 1.29. The molecule has 0 spiro atoms. The molecule has 6 rings (SSSR count). The molecule has 0 saturated carbocycles. The van der Waals surface area contributed by atoms with Crippen molar-refractivity contribution in [1.29, 1.82) is 0 Å². The van der Waals surface area contributed by atoms with Crippen LogP contribution in [-0.2, 0) is 9.47 Å². The molecular weight excluding hydrogens is 468 g/mol. The van der Waals surface area contributed by atoms with Crippen LogP contribution in [-0.4, -0.2) is 65.9 Å². The summed E-state index contributed by atoms with van der Waals surface area (Å²) in [6, 6.07) is 21.1. The maximum atomic E-state index is 12.9. The van der Waals surface area contributed by atoms with Gasteiger partial charge in [-0.15, -0.1) is 0 Å². The molecule has 2 saturated heterocycles. The Balaban J connectivity index is 1.20. The van der Waals surface area contributed by atoms with Gasteiger partial charge >= 0.3 is 0 Å². The molecule has 4 heterocycles. The number of hydrogen-bond donors (Lipinski definition) is 1. The third-order valence-electron chi connectivity index (χ3n) is 6.98. The third-order valence-corrected chi connectivity index (χ3v) is 6.98. The van der Waals surface area contributed by atoms with E-state index in [9.17, 15) is 4.79 Å². The summed E-state index contributed by atoms with van der Waals surface area (Å²) >= 11 is 0. The number of likely N-dealkylation sites (N-methyl/N-ethyl adjacent to an activating group) is 1. The first-order chi connectivity index (χ1) is 18.1. The number of benzene rings is 2. The Morgan fingerprint density at radius 1 is 0.892 bits per heavy atom. The van der Waals surface area contributed by atoms with Crippen molar-refractivity contribution in [3.8, 4) is 0 Å². The van der Waals surface area contributed by atoms with E-state index >= 15 is 0 Å². The zero-order chi connectivity index (χ0) is 25.2. The number of anilines is 3. The van der Waals surface area contributed by atoms with Crippen LogP contribution in [0.5, 0.6) is 0 Å². The molecule has 9 nitrogen and oxygen atoms in total. The van der Waals surface area contributed by atoms with Gasteiger partial charge in [0.05, 0.1) is 19.3 Å². The van der Waals surface area contributed by atoms with Gasteiger partial charge in [-0.25, -0.2) is 4.98 Å². The third kappa shape index (κ3) is 5.06. The van der Waals surface area contributed by atoms with Gasteiger partial charge in [-0.05, 0) is 37.4 Å². The van der Waals surface area contributed by atoms with E-state index in [4.69, 9.17) is 14.5 Å². The highest BCUT2D eigenvalue weighted by atomic mass is 16.7. The highest BCUT2D eigenvalue weighted by Crippen LogP contribution is 2.28. The predicted molar refractivity (Wildman–Crippen MR) is 143 cm³/mol. The van der Waals surface area contributed by atoms with Gasteiger partial charge in [0.25, 0.3) is 5.56 Å². The lowest BCUT2D eigenvalue weighted by molar-refractivity contribution is -0.201. The Labute approximate surface area is 215 Å². The van der Waals surface area contributed by atoms with E-state index in [0.29, 0.717) is 24.8 Å². The lowest BCUT2D eigenvalue weighted by Gasteiger charge is -2.34. The molecule has 9 heteroatoms. The molecule has 2 aromatic carbocycles. The molecular formula is C28H30N6O3. The number of rotatable bonds is 5. The molecule has 1 N–H and O–H groups in total. The van der Waals surface area contributed by atoms with Crippen molar-refractivity contribution in [1.82, 2.24) is 19.4 Å². The van der Waals surface area contributed by atoms with E-state index in [-0.39, 0.29) is 11.6 Å². The van der Waals surface area contributed by atoms with Crippen molar-refractivity contribution in [3.05, 3.63) is 88.8 Å². The van der Waals surface area contributed by atoms with Gasteiger partial charge in [-0.1, -0.05) is 30.3 Å². The van der Waals surface area contributed by atoms with Crippen LogP contribution in [0.1, 0.15) is 17.9 Å². The second-order valence-electron chi connectivity index (χ2n) is 9.54. The molecule has 0 aliphatic carbocycles. The fraction of sp³-hybridized carbons (Fsp3) is 0.321. The molecule has 0 radical (unpaired) electrons. The average molecular weight is 499 g/mol. The largest absolute Gasteiger partial charge is 0.369 e. The molecule has 190 valence electrons. The number of nitrogens with one attached hydrogen (secondary N) is 1. The van der Waals surface area contributed by atoms with Gasteiger partial charge in [-0.3, -0.25) is 9.36 Å². The van der Waals surface area contributed by atoms with Gasteiger partial charge in [-0.2, -0.15) is 4.98 Å². The molecule has 0 atom stereocenters. The van der Waals surface area contributed by atoms with Crippen molar-refractivity contribution in [2.75, 3.05) is 56.7 Å². The van der Waals surface area contributed by atoms with Gasteiger partial charge in [0.15, 0.2) is 6.29 Å². The van der Waals surface area contributed by atoms with Crippen molar-refractivity contribution in [2.24, 2.45) is 0 Å². The number of pyridine rings is 1.